The summed E-state index contributed by atoms with van der Waals surface area (Å²) in [5.74, 6) is -1.40. The molecule has 0 aromatic heterocycles. The average molecular weight is 499 g/mol. The van der Waals surface area contributed by atoms with Crippen molar-refractivity contribution >= 4 is 23.5 Å². The molecule has 36 heavy (non-hydrogen) atoms. The number of nitriles is 1. The van der Waals surface area contributed by atoms with E-state index in [4.69, 9.17) is 4.74 Å². The molecule has 2 heterocycles. The van der Waals surface area contributed by atoms with Crippen molar-refractivity contribution in [1.82, 2.24) is 9.80 Å². The van der Waals surface area contributed by atoms with Crippen LogP contribution in [0, 0.1) is 29.0 Å². The van der Waals surface area contributed by atoms with Crippen molar-refractivity contribution < 1.29 is 23.5 Å². The van der Waals surface area contributed by atoms with Crippen LogP contribution in [0.3, 0.4) is 0 Å². The molecule has 9 heteroatoms. The summed E-state index contributed by atoms with van der Waals surface area (Å²) in [5.41, 5.74) is 0.158. The lowest BCUT2D eigenvalue weighted by Gasteiger charge is -2.35. The van der Waals surface area contributed by atoms with Crippen molar-refractivity contribution in [3.63, 3.8) is 0 Å². The maximum atomic E-state index is 15.0. The largest absolute Gasteiger partial charge is 0.444 e. The van der Waals surface area contributed by atoms with Gasteiger partial charge in [0.2, 0.25) is 5.91 Å². The van der Waals surface area contributed by atoms with Crippen LogP contribution in [0.25, 0.3) is 0 Å². The van der Waals surface area contributed by atoms with E-state index in [9.17, 15) is 24.0 Å². The van der Waals surface area contributed by atoms with E-state index in [1.54, 1.807) is 42.7 Å². The van der Waals surface area contributed by atoms with Crippen LogP contribution in [0.2, 0.25) is 0 Å². The molecular weight excluding hydrogens is 463 g/mol. The Labute approximate surface area is 212 Å². The number of carbonyl (C=O) groups is 3. The van der Waals surface area contributed by atoms with Gasteiger partial charge in [0, 0.05) is 31.2 Å². The minimum absolute atomic E-state index is 0.0124. The van der Waals surface area contributed by atoms with Crippen molar-refractivity contribution in [1.29, 1.82) is 5.26 Å². The van der Waals surface area contributed by atoms with Gasteiger partial charge in [-0.2, -0.15) is 5.26 Å². The van der Waals surface area contributed by atoms with Crippen LogP contribution in [0.5, 0.6) is 0 Å². The minimum Gasteiger partial charge on any atom is -0.444 e. The number of piperidine rings is 1. The predicted molar refractivity (Wildman–Crippen MR) is 132 cm³/mol. The molecule has 2 aliphatic heterocycles. The number of nitrogens with zero attached hydrogens (tertiary/aromatic N) is 4. The SMILES string of the molecule is CN1CCN(c2ccc(C[C@@H](C#N)CC(=O)[C@@H]3[C@H]4CC[C@H](C4)N3C(=O)OC(C)(C)C)c(F)c2)C(=O)C1. The highest BCUT2D eigenvalue weighted by atomic mass is 19.1. The van der Waals surface area contributed by atoms with Gasteiger partial charge in [-0.1, -0.05) is 6.07 Å². The minimum atomic E-state index is -0.720. The van der Waals surface area contributed by atoms with Crippen molar-refractivity contribution in [2.45, 2.75) is 70.6 Å². The number of ether oxygens (including phenoxy) is 1. The van der Waals surface area contributed by atoms with Gasteiger partial charge in [-0.25, -0.2) is 9.18 Å². The van der Waals surface area contributed by atoms with E-state index < -0.39 is 29.5 Å². The van der Waals surface area contributed by atoms with Crippen LogP contribution in [0.1, 0.15) is 52.0 Å². The molecule has 1 saturated carbocycles. The molecule has 2 amide bonds. The first-order chi connectivity index (χ1) is 17.0. The lowest BCUT2D eigenvalue weighted by Crippen LogP contribution is -2.51. The zero-order chi connectivity index (χ0) is 26.2. The number of benzene rings is 1. The smallest absolute Gasteiger partial charge is 0.411 e. The highest BCUT2D eigenvalue weighted by molar-refractivity contribution is 5.95. The predicted octanol–water partition coefficient (Wildman–Crippen LogP) is 3.53. The Morgan fingerprint density at radius 3 is 2.64 bits per heavy atom. The number of carbonyl (C=O) groups excluding carboxylic acids is 3. The highest BCUT2D eigenvalue weighted by Crippen LogP contribution is 2.44. The fraction of sp³-hybridized carbons (Fsp3) is 0.630. The second-order valence-corrected chi connectivity index (χ2v) is 11.3. The molecule has 2 saturated heterocycles. The van der Waals surface area contributed by atoms with Crippen LogP contribution in [0.15, 0.2) is 18.2 Å². The monoisotopic (exact) mass is 498 g/mol. The molecule has 8 nitrogen and oxygen atoms in total. The first-order valence-electron chi connectivity index (χ1n) is 12.7. The highest BCUT2D eigenvalue weighted by Gasteiger charge is 2.52. The molecule has 1 aliphatic carbocycles. The normalized spacial score (nSPS) is 25.1. The molecule has 194 valence electrons. The van der Waals surface area contributed by atoms with E-state index in [1.807, 2.05) is 11.9 Å². The van der Waals surface area contributed by atoms with E-state index in [1.165, 1.54) is 6.07 Å². The second kappa shape index (κ2) is 10.2. The third-order valence-corrected chi connectivity index (χ3v) is 7.38. The summed E-state index contributed by atoms with van der Waals surface area (Å²) in [4.78, 5) is 43.6. The van der Waals surface area contributed by atoms with Crippen LogP contribution >= 0.6 is 0 Å². The Kier molecular flexibility index (Phi) is 7.37. The number of amides is 2. The first kappa shape index (κ1) is 26.1. The number of fused-ring (bicyclic) bond motifs is 2. The molecule has 4 atom stereocenters. The number of likely N-dealkylation sites (tertiary alicyclic amines) is 1. The quantitative estimate of drug-likeness (QED) is 0.596. The lowest BCUT2D eigenvalue weighted by atomic mass is 9.88. The van der Waals surface area contributed by atoms with Gasteiger partial charge < -0.3 is 9.64 Å². The molecule has 1 aromatic rings. The lowest BCUT2D eigenvalue weighted by molar-refractivity contribution is -0.126. The number of anilines is 1. The first-order valence-corrected chi connectivity index (χ1v) is 12.7. The Hall–Kier alpha value is -2.99. The molecule has 1 aromatic carbocycles. The van der Waals surface area contributed by atoms with Crippen LogP contribution in [-0.4, -0.2) is 72.0 Å². The van der Waals surface area contributed by atoms with Gasteiger partial charge in [0.05, 0.1) is 24.6 Å². The molecule has 0 unspecified atom stereocenters. The van der Waals surface area contributed by atoms with Gasteiger partial charge in [0.15, 0.2) is 5.78 Å². The second-order valence-electron chi connectivity index (χ2n) is 11.3. The summed E-state index contributed by atoms with van der Waals surface area (Å²) < 4.78 is 20.5. The van der Waals surface area contributed by atoms with Crippen LogP contribution < -0.4 is 4.90 Å². The Morgan fingerprint density at radius 2 is 2.00 bits per heavy atom. The Morgan fingerprint density at radius 1 is 1.25 bits per heavy atom. The number of Topliss-reactive ketones (excluding diaryl/α,β-unsaturated/α-hetero) is 1. The number of piperazine rings is 1. The average Bonchev–Trinajstić information content (AvgIpc) is 3.40. The number of hydrogen-bond acceptors (Lipinski definition) is 6. The van der Waals surface area contributed by atoms with E-state index in [-0.39, 0.29) is 43.0 Å². The van der Waals surface area contributed by atoms with Gasteiger partial charge >= 0.3 is 6.09 Å². The summed E-state index contributed by atoms with van der Waals surface area (Å²) >= 11 is 0. The topological polar surface area (TPSA) is 94.0 Å². The maximum Gasteiger partial charge on any atom is 0.411 e. The fourth-order valence-corrected chi connectivity index (χ4v) is 5.71. The summed E-state index contributed by atoms with van der Waals surface area (Å²) in [6.07, 6.45) is 2.04. The maximum absolute atomic E-state index is 15.0. The van der Waals surface area contributed by atoms with Gasteiger partial charge in [-0.3, -0.25) is 19.4 Å². The number of rotatable bonds is 6. The van der Waals surface area contributed by atoms with Gasteiger partial charge in [-0.05, 0) is 77.1 Å². The molecule has 2 bridgehead atoms. The van der Waals surface area contributed by atoms with E-state index in [0.717, 1.165) is 19.3 Å². The summed E-state index contributed by atoms with van der Waals surface area (Å²) in [5, 5.41) is 9.76. The van der Waals surface area contributed by atoms with Crippen LogP contribution in [0.4, 0.5) is 14.9 Å². The Bertz CT molecular complexity index is 1080. The molecule has 3 aliphatic rings. The molecule has 0 radical (unpaired) electrons. The summed E-state index contributed by atoms with van der Waals surface area (Å²) in [6.45, 7) is 6.85. The molecule has 4 rings (SSSR count). The van der Waals surface area contributed by atoms with Crippen LogP contribution in [-0.2, 0) is 20.7 Å². The van der Waals surface area contributed by atoms with E-state index >= 15 is 0 Å². The summed E-state index contributed by atoms with van der Waals surface area (Å²) in [7, 11) is 1.87. The van der Waals surface area contributed by atoms with Crippen molar-refractivity contribution in [2.75, 3.05) is 31.6 Å². The van der Waals surface area contributed by atoms with Gasteiger partial charge in [0.25, 0.3) is 0 Å². The molecule has 0 spiro atoms. The van der Waals surface area contributed by atoms with E-state index in [2.05, 4.69) is 6.07 Å². The number of hydrogen-bond donors (Lipinski definition) is 0. The zero-order valence-corrected chi connectivity index (χ0v) is 21.5. The molecule has 3 fully saturated rings. The standard InChI is InChI=1S/C27H35FN4O4/c1-27(2,3)36-26(35)32-21-8-6-19(13-21)25(32)23(33)12-17(15-29)11-18-5-7-20(14-22(18)28)31-10-9-30(4)16-24(31)34/h5,7,14,17,19,21,25H,6,8-13,16H2,1-4H3/t17-,19+,21-,25+/m1/s1. The number of halogens is 1. The fourth-order valence-electron chi connectivity index (χ4n) is 5.71. The zero-order valence-electron chi connectivity index (χ0n) is 21.5. The number of likely N-dealkylation sites (N-methyl/N-ethyl adjacent to an activating group) is 1. The Balaban J connectivity index is 1.43. The molecular formula is C27H35FN4O4. The van der Waals surface area contributed by atoms with Crippen molar-refractivity contribution in [2.24, 2.45) is 11.8 Å². The summed E-state index contributed by atoms with van der Waals surface area (Å²) in [6, 6.07) is 6.16. The third kappa shape index (κ3) is 5.54. The van der Waals surface area contributed by atoms with Gasteiger partial charge in [0.1, 0.15) is 11.4 Å². The van der Waals surface area contributed by atoms with Crippen molar-refractivity contribution in [3.05, 3.63) is 29.6 Å². The number of ketones is 1. The van der Waals surface area contributed by atoms with Crippen molar-refractivity contribution in [3.8, 4) is 6.07 Å². The third-order valence-electron chi connectivity index (χ3n) is 7.38. The molecule has 0 N–H and O–H groups in total. The van der Waals surface area contributed by atoms with Gasteiger partial charge in [-0.15, -0.1) is 0 Å². The van der Waals surface area contributed by atoms with E-state index in [0.29, 0.717) is 24.3 Å².